The monoisotopic (exact) mass is 207 g/mol. The molecule has 2 atom stereocenters. The molecule has 0 spiro atoms. The molecule has 1 aromatic carbocycles. The summed E-state index contributed by atoms with van der Waals surface area (Å²) in [6.07, 6.45) is 1.02. The highest BCUT2D eigenvalue weighted by Gasteiger charge is 2.25. The summed E-state index contributed by atoms with van der Waals surface area (Å²) >= 11 is 0. The summed E-state index contributed by atoms with van der Waals surface area (Å²) in [7, 11) is 0. The number of ether oxygens (including phenoxy) is 1. The fourth-order valence-corrected chi connectivity index (χ4v) is 2.19. The molecule has 1 aromatic rings. The number of rotatable bonds is 2. The lowest BCUT2D eigenvalue weighted by molar-refractivity contribution is 0.0436. The third kappa shape index (κ3) is 2.30. The van der Waals surface area contributed by atoms with E-state index in [0.717, 1.165) is 19.6 Å². The van der Waals surface area contributed by atoms with Gasteiger partial charge in [0, 0.05) is 12.5 Å². The molecule has 1 heterocycles. The van der Waals surface area contributed by atoms with E-state index in [0.29, 0.717) is 24.1 Å². The average Bonchev–Trinajstić information content (AvgIpc) is 2.30. The van der Waals surface area contributed by atoms with Gasteiger partial charge in [-0.15, -0.1) is 0 Å². The second-order valence-electron chi connectivity index (χ2n) is 4.06. The summed E-state index contributed by atoms with van der Waals surface area (Å²) in [5, 5.41) is 9.23. The smallest absolute Gasteiger partial charge is 0.115 e. The standard InChI is InChI=1S/C12H17NO2/c13-7-10-8-15-6-5-12(10)9-1-3-11(14)4-2-9/h1-4,10,12,14H,5-8,13H2. The zero-order valence-electron chi connectivity index (χ0n) is 8.73. The molecule has 0 saturated carbocycles. The van der Waals surface area contributed by atoms with Crippen LogP contribution in [0.5, 0.6) is 5.75 Å². The van der Waals surface area contributed by atoms with E-state index in [1.807, 2.05) is 12.1 Å². The Labute approximate surface area is 89.9 Å². The zero-order valence-corrected chi connectivity index (χ0v) is 8.73. The summed E-state index contributed by atoms with van der Waals surface area (Å²) < 4.78 is 5.42. The van der Waals surface area contributed by atoms with Crippen LogP contribution in [0, 0.1) is 5.92 Å². The molecule has 3 N–H and O–H groups in total. The quantitative estimate of drug-likeness (QED) is 0.772. The molecule has 1 aliphatic heterocycles. The summed E-state index contributed by atoms with van der Waals surface area (Å²) in [6, 6.07) is 7.43. The van der Waals surface area contributed by atoms with Crippen LogP contribution >= 0.6 is 0 Å². The van der Waals surface area contributed by atoms with Crippen LogP contribution < -0.4 is 5.73 Å². The Kier molecular flexibility index (Phi) is 3.23. The number of nitrogens with two attached hydrogens (primary N) is 1. The van der Waals surface area contributed by atoms with Gasteiger partial charge in [0.25, 0.3) is 0 Å². The minimum Gasteiger partial charge on any atom is -0.508 e. The van der Waals surface area contributed by atoms with Gasteiger partial charge in [0.1, 0.15) is 5.75 Å². The van der Waals surface area contributed by atoms with Gasteiger partial charge in [0.15, 0.2) is 0 Å². The molecule has 3 heteroatoms. The van der Waals surface area contributed by atoms with Crippen LogP contribution in [0.25, 0.3) is 0 Å². The maximum absolute atomic E-state index is 9.23. The highest BCUT2D eigenvalue weighted by molar-refractivity contribution is 5.29. The SMILES string of the molecule is NCC1COCCC1c1ccc(O)cc1. The summed E-state index contributed by atoms with van der Waals surface area (Å²) in [5.41, 5.74) is 6.99. The fraction of sp³-hybridized carbons (Fsp3) is 0.500. The van der Waals surface area contributed by atoms with Crippen LogP contribution in [-0.2, 0) is 4.74 Å². The third-order valence-electron chi connectivity index (χ3n) is 3.10. The van der Waals surface area contributed by atoms with Crippen molar-refractivity contribution in [3.8, 4) is 5.75 Å². The van der Waals surface area contributed by atoms with E-state index < -0.39 is 0 Å². The summed E-state index contributed by atoms with van der Waals surface area (Å²) in [6.45, 7) is 2.22. The first kappa shape index (κ1) is 10.5. The topological polar surface area (TPSA) is 55.5 Å². The van der Waals surface area contributed by atoms with Gasteiger partial charge in [-0.25, -0.2) is 0 Å². The van der Waals surface area contributed by atoms with Crippen LogP contribution in [0.4, 0.5) is 0 Å². The molecule has 3 nitrogen and oxygen atoms in total. The third-order valence-corrected chi connectivity index (χ3v) is 3.10. The predicted octanol–water partition coefficient (Wildman–Crippen LogP) is 1.47. The van der Waals surface area contributed by atoms with Crippen molar-refractivity contribution in [2.75, 3.05) is 19.8 Å². The Bertz CT molecular complexity index is 310. The van der Waals surface area contributed by atoms with Crippen molar-refractivity contribution in [2.45, 2.75) is 12.3 Å². The van der Waals surface area contributed by atoms with Crippen LogP contribution in [-0.4, -0.2) is 24.9 Å². The molecule has 0 bridgehead atoms. The Balaban J connectivity index is 2.16. The molecular weight excluding hydrogens is 190 g/mol. The minimum absolute atomic E-state index is 0.315. The number of benzene rings is 1. The molecule has 15 heavy (non-hydrogen) atoms. The number of aromatic hydroxyl groups is 1. The van der Waals surface area contributed by atoms with Crippen molar-refractivity contribution in [3.05, 3.63) is 29.8 Å². The second-order valence-corrected chi connectivity index (χ2v) is 4.06. The maximum Gasteiger partial charge on any atom is 0.115 e. The predicted molar refractivity (Wildman–Crippen MR) is 58.8 cm³/mol. The number of phenolic OH excluding ortho intramolecular Hbond substituents is 1. The first-order chi connectivity index (χ1) is 7.31. The van der Waals surface area contributed by atoms with Gasteiger partial charge in [-0.1, -0.05) is 12.1 Å². The van der Waals surface area contributed by atoms with Gasteiger partial charge in [-0.05, 0) is 36.6 Å². The first-order valence-corrected chi connectivity index (χ1v) is 5.38. The van der Waals surface area contributed by atoms with E-state index in [2.05, 4.69) is 0 Å². The van der Waals surface area contributed by atoms with Gasteiger partial charge in [0.2, 0.25) is 0 Å². The molecule has 0 aliphatic carbocycles. The molecule has 82 valence electrons. The number of hydrogen-bond donors (Lipinski definition) is 2. The molecule has 0 radical (unpaired) electrons. The summed E-state index contributed by atoms with van der Waals surface area (Å²) in [5.74, 6) is 1.20. The lowest BCUT2D eigenvalue weighted by atomic mass is 9.83. The van der Waals surface area contributed by atoms with E-state index in [1.165, 1.54) is 5.56 Å². The van der Waals surface area contributed by atoms with Gasteiger partial charge >= 0.3 is 0 Å². The van der Waals surface area contributed by atoms with Crippen LogP contribution in [0.1, 0.15) is 17.9 Å². The number of hydrogen-bond acceptors (Lipinski definition) is 3. The molecule has 2 rings (SSSR count). The van der Waals surface area contributed by atoms with E-state index in [9.17, 15) is 5.11 Å². The largest absolute Gasteiger partial charge is 0.508 e. The lowest BCUT2D eigenvalue weighted by Gasteiger charge is -2.31. The maximum atomic E-state index is 9.23. The van der Waals surface area contributed by atoms with Gasteiger partial charge in [-0.2, -0.15) is 0 Å². The van der Waals surface area contributed by atoms with Crippen molar-refractivity contribution >= 4 is 0 Å². The van der Waals surface area contributed by atoms with Crippen molar-refractivity contribution < 1.29 is 9.84 Å². The molecule has 2 unspecified atom stereocenters. The zero-order chi connectivity index (χ0) is 10.7. The summed E-state index contributed by atoms with van der Waals surface area (Å²) in [4.78, 5) is 0. The van der Waals surface area contributed by atoms with Gasteiger partial charge in [-0.3, -0.25) is 0 Å². The molecule has 0 amide bonds. The lowest BCUT2D eigenvalue weighted by Crippen LogP contribution is -2.31. The van der Waals surface area contributed by atoms with E-state index in [1.54, 1.807) is 12.1 Å². The number of phenols is 1. The molecule has 1 saturated heterocycles. The fourth-order valence-electron chi connectivity index (χ4n) is 2.19. The normalized spacial score (nSPS) is 26.5. The van der Waals surface area contributed by atoms with Crippen molar-refractivity contribution in [1.29, 1.82) is 0 Å². The Morgan fingerprint density at radius 1 is 1.33 bits per heavy atom. The molecule has 1 fully saturated rings. The Morgan fingerprint density at radius 2 is 2.07 bits per heavy atom. The van der Waals surface area contributed by atoms with Crippen LogP contribution in [0.2, 0.25) is 0 Å². The minimum atomic E-state index is 0.315. The Hall–Kier alpha value is -1.06. The molecule has 0 aromatic heterocycles. The van der Waals surface area contributed by atoms with Gasteiger partial charge in [0.05, 0.1) is 6.61 Å². The second kappa shape index (κ2) is 4.64. The highest BCUT2D eigenvalue weighted by Crippen LogP contribution is 2.31. The van der Waals surface area contributed by atoms with Crippen molar-refractivity contribution in [3.63, 3.8) is 0 Å². The van der Waals surface area contributed by atoms with Crippen LogP contribution in [0.3, 0.4) is 0 Å². The molecular formula is C12H17NO2. The van der Waals surface area contributed by atoms with Crippen molar-refractivity contribution in [1.82, 2.24) is 0 Å². The highest BCUT2D eigenvalue weighted by atomic mass is 16.5. The van der Waals surface area contributed by atoms with Gasteiger partial charge < -0.3 is 15.6 Å². The molecule has 1 aliphatic rings. The van der Waals surface area contributed by atoms with E-state index in [-0.39, 0.29) is 0 Å². The van der Waals surface area contributed by atoms with E-state index in [4.69, 9.17) is 10.5 Å². The average molecular weight is 207 g/mol. The van der Waals surface area contributed by atoms with Crippen molar-refractivity contribution in [2.24, 2.45) is 11.7 Å². The Morgan fingerprint density at radius 3 is 2.73 bits per heavy atom. The first-order valence-electron chi connectivity index (χ1n) is 5.38. The van der Waals surface area contributed by atoms with E-state index >= 15 is 0 Å². The van der Waals surface area contributed by atoms with Crippen LogP contribution in [0.15, 0.2) is 24.3 Å².